The fourth-order valence-electron chi connectivity index (χ4n) is 2.12. The van der Waals surface area contributed by atoms with Crippen LogP contribution in [0.5, 0.6) is 0 Å². The van der Waals surface area contributed by atoms with Crippen LogP contribution < -0.4 is 5.32 Å². The van der Waals surface area contributed by atoms with Gasteiger partial charge in [-0.1, -0.05) is 23.7 Å². The molecule has 0 spiro atoms. The van der Waals surface area contributed by atoms with E-state index in [4.69, 9.17) is 11.6 Å². The molecule has 0 aliphatic heterocycles. The molecular weight excluding hydrogens is 260 g/mol. The van der Waals surface area contributed by atoms with E-state index < -0.39 is 0 Å². The van der Waals surface area contributed by atoms with E-state index in [0.29, 0.717) is 5.15 Å². The van der Waals surface area contributed by atoms with Crippen LogP contribution in [0.25, 0.3) is 10.9 Å². The standard InChI is InChI=1S/C14H13ClN4/c15-13-8-14(19-9-18-13)17-6-4-10-2-1-3-12-11(10)5-7-16-12/h1-3,5,7-9,16H,4,6H2,(H,17,18,19). The molecule has 0 aliphatic rings. The van der Waals surface area contributed by atoms with Gasteiger partial charge in [0.25, 0.3) is 0 Å². The summed E-state index contributed by atoms with van der Waals surface area (Å²) in [5, 5.41) is 4.96. The van der Waals surface area contributed by atoms with Gasteiger partial charge in [0.2, 0.25) is 0 Å². The number of nitrogens with one attached hydrogen (secondary N) is 2. The Balaban J connectivity index is 1.68. The Hall–Kier alpha value is -2.07. The number of hydrogen-bond acceptors (Lipinski definition) is 3. The number of fused-ring (bicyclic) bond motifs is 1. The summed E-state index contributed by atoms with van der Waals surface area (Å²) in [6, 6.07) is 10.1. The molecule has 0 bridgehead atoms. The van der Waals surface area contributed by atoms with Crippen molar-refractivity contribution in [2.45, 2.75) is 6.42 Å². The Labute approximate surface area is 115 Å². The van der Waals surface area contributed by atoms with Crippen molar-refractivity contribution in [2.75, 3.05) is 11.9 Å². The first kappa shape index (κ1) is 12.0. The minimum atomic E-state index is 0.449. The molecule has 3 rings (SSSR count). The topological polar surface area (TPSA) is 53.6 Å². The third-order valence-electron chi connectivity index (χ3n) is 3.02. The quantitative estimate of drug-likeness (QED) is 0.717. The third-order valence-corrected chi connectivity index (χ3v) is 3.23. The molecule has 2 N–H and O–H groups in total. The van der Waals surface area contributed by atoms with Crippen molar-refractivity contribution in [3.05, 3.63) is 53.6 Å². The maximum absolute atomic E-state index is 5.81. The predicted octanol–water partition coefficient (Wildman–Crippen LogP) is 3.27. The first-order chi connectivity index (χ1) is 9.33. The van der Waals surface area contributed by atoms with Gasteiger partial charge in [-0.05, 0) is 24.1 Å². The Bertz CT molecular complexity index is 692. The van der Waals surface area contributed by atoms with Gasteiger partial charge in [-0.2, -0.15) is 0 Å². The van der Waals surface area contributed by atoms with Gasteiger partial charge in [-0.3, -0.25) is 0 Å². The summed E-state index contributed by atoms with van der Waals surface area (Å²) in [7, 11) is 0. The van der Waals surface area contributed by atoms with Crippen LogP contribution in [0, 0.1) is 0 Å². The highest BCUT2D eigenvalue weighted by Gasteiger charge is 2.02. The number of halogens is 1. The summed E-state index contributed by atoms with van der Waals surface area (Å²) in [4.78, 5) is 11.2. The van der Waals surface area contributed by atoms with Crippen LogP contribution in [0.15, 0.2) is 42.9 Å². The van der Waals surface area contributed by atoms with Gasteiger partial charge >= 0.3 is 0 Å². The first-order valence-electron chi connectivity index (χ1n) is 6.09. The fourth-order valence-corrected chi connectivity index (χ4v) is 2.27. The Morgan fingerprint density at radius 3 is 3.05 bits per heavy atom. The van der Waals surface area contributed by atoms with E-state index in [0.717, 1.165) is 18.8 Å². The van der Waals surface area contributed by atoms with Crippen molar-refractivity contribution in [1.29, 1.82) is 0 Å². The number of aromatic amines is 1. The molecule has 0 saturated carbocycles. The van der Waals surface area contributed by atoms with E-state index in [1.165, 1.54) is 22.8 Å². The lowest BCUT2D eigenvalue weighted by molar-refractivity contribution is 1.01. The molecule has 0 radical (unpaired) electrons. The molecule has 2 heterocycles. The molecule has 0 fully saturated rings. The number of rotatable bonds is 4. The molecule has 0 aliphatic carbocycles. The Morgan fingerprint density at radius 1 is 1.21 bits per heavy atom. The SMILES string of the molecule is Clc1cc(NCCc2cccc3[nH]ccc23)ncn1. The summed E-state index contributed by atoms with van der Waals surface area (Å²) >= 11 is 5.81. The van der Waals surface area contributed by atoms with Crippen molar-refractivity contribution in [2.24, 2.45) is 0 Å². The second-order valence-electron chi connectivity index (χ2n) is 4.26. The number of hydrogen-bond donors (Lipinski definition) is 2. The molecule has 19 heavy (non-hydrogen) atoms. The van der Waals surface area contributed by atoms with Crippen LogP contribution in [0.1, 0.15) is 5.56 Å². The predicted molar refractivity (Wildman–Crippen MR) is 77.5 cm³/mol. The number of benzene rings is 1. The Kier molecular flexibility index (Phi) is 3.33. The van der Waals surface area contributed by atoms with E-state index in [1.807, 2.05) is 6.20 Å². The lowest BCUT2D eigenvalue weighted by Crippen LogP contribution is -2.06. The minimum absolute atomic E-state index is 0.449. The van der Waals surface area contributed by atoms with Crippen molar-refractivity contribution in [3.63, 3.8) is 0 Å². The highest BCUT2D eigenvalue weighted by atomic mass is 35.5. The lowest BCUT2D eigenvalue weighted by atomic mass is 10.1. The van der Waals surface area contributed by atoms with E-state index in [9.17, 15) is 0 Å². The molecule has 0 unspecified atom stereocenters. The zero-order valence-electron chi connectivity index (χ0n) is 10.2. The molecular formula is C14H13ClN4. The van der Waals surface area contributed by atoms with E-state index in [-0.39, 0.29) is 0 Å². The van der Waals surface area contributed by atoms with Crippen molar-refractivity contribution < 1.29 is 0 Å². The van der Waals surface area contributed by atoms with Gasteiger partial charge in [-0.25, -0.2) is 9.97 Å². The number of H-pyrrole nitrogens is 1. The first-order valence-corrected chi connectivity index (χ1v) is 6.47. The Morgan fingerprint density at radius 2 is 2.16 bits per heavy atom. The molecule has 1 aromatic carbocycles. The van der Waals surface area contributed by atoms with Crippen molar-refractivity contribution >= 4 is 28.3 Å². The highest BCUT2D eigenvalue weighted by molar-refractivity contribution is 6.29. The van der Waals surface area contributed by atoms with Gasteiger partial charge in [0, 0.05) is 29.7 Å². The average molecular weight is 273 g/mol. The van der Waals surface area contributed by atoms with Gasteiger partial charge in [0.05, 0.1) is 0 Å². The van der Waals surface area contributed by atoms with E-state index >= 15 is 0 Å². The van der Waals surface area contributed by atoms with Crippen molar-refractivity contribution in [1.82, 2.24) is 15.0 Å². The van der Waals surface area contributed by atoms with Crippen LogP contribution in [0.3, 0.4) is 0 Å². The molecule has 0 atom stereocenters. The highest BCUT2D eigenvalue weighted by Crippen LogP contribution is 2.18. The molecule has 96 valence electrons. The second kappa shape index (κ2) is 5.28. The summed E-state index contributed by atoms with van der Waals surface area (Å²) in [6.07, 6.45) is 4.35. The lowest BCUT2D eigenvalue weighted by Gasteiger charge is -2.06. The van der Waals surface area contributed by atoms with E-state index in [2.05, 4.69) is 44.5 Å². The van der Waals surface area contributed by atoms with Crippen LogP contribution in [-0.2, 0) is 6.42 Å². The summed E-state index contributed by atoms with van der Waals surface area (Å²) in [5.74, 6) is 0.751. The zero-order chi connectivity index (χ0) is 13.1. The maximum Gasteiger partial charge on any atom is 0.134 e. The molecule has 4 nitrogen and oxygen atoms in total. The second-order valence-corrected chi connectivity index (χ2v) is 4.65. The number of anilines is 1. The summed E-state index contributed by atoms with van der Waals surface area (Å²) < 4.78 is 0. The van der Waals surface area contributed by atoms with Crippen LogP contribution in [-0.4, -0.2) is 21.5 Å². The smallest absolute Gasteiger partial charge is 0.134 e. The van der Waals surface area contributed by atoms with Gasteiger partial charge < -0.3 is 10.3 Å². The number of nitrogens with zero attached hydrogens (tertiary/aromatic N) is 2. The normalized spacial score (nSPS) is 10.8. The molecule has 3 aromatic rings. The maximum atomic E-state index is 5.81. The molecule has 2 aromatic heterocycles. The van der Waals surface area contributed by atoms with Gasteiger partial charge in [0.1, 0.15) is 17.3 Å². The van der Waals surface area contributed by atoms with Crippen LogP contribution >= 0.6 is 11.6 Å². The summed E-state index contributed by atoms with van der Waals surface area (Å²) in [5.41, 5.74) is 2.48. The van der Waals surface area contributed by atoms with Gasteiger partial charge in [-0.15, -0.1) is 0 Å². The van der Waals surface area contributed by atoms with Gasteiger partial charge in [0.15, 0.2) is 0 Å². The minimum Gasteiger partial charge on any atom is -0.370 e. The molecule has 0 saturated heterocycles. The molecule has 0 amide bonds. The number of aromatic nitrogens is 3. The largest absolute Gasteiger partial charge is 0.370 e. The summed E-state index contributed by atoms with van der Waals surface area (Å²) in [6.45, 7) is 0.803. The third kappa shape index (κ3) is 2.69. The van der Waals surface area contributed by atoms with Crippen molar-refractivity contribution in [3.8, 4) is 0 Å². The average Bonchev–Trinajstić information content (AvgIpc) is 2.88. The zero-order valence-corrected chi connectivity index (χ0v) is 11.0. The monoisotopic (exact) mass is 272 g/mol. The van der Waals surface area contributed by atoms with Crippen LogP contribution in [0.2, 0.25) is 5.15 Å². The van der Waals surface area contributed by atoms with Crippen LogP contribution in [0.4, 0.5) is 5.82 Å². The fraction of sp³-hybridized carbons (Fsp3) is 0.143. The van der Waals surface area contributed by atoms with E-state index in [1.54, 1.807) is 6.07 Å². The molecule has 5 heteroatoms.